The highest BCUT2D eigenvalue weighted by atomic mass is 16.5. The minimum atomic E-state index is -0.619. The molecule has 12 heteroatoms. The van der Waals surface area contributed by atoms with Crippen molar-refractivity contribution in [2.45, 2.75) is 45.8 Å². The summed E-state index contributed by atoms with van der Waals surface area (Å²) in [7, 11) is 1.26. The Morgan fingerprint density at radius 3 is 2.31 bits per heavy atom. The number of aromatic amines is 1. The monoisotopic (exact) mass is 604 g/mol. The summed E-state index contributed by atoms with van der Waals surface area (Å²) in [4.78, 5) is 45.3. The average Bonchev–Trinajstić information content (AvgIpc) is 3.73. The van der Waals surface area contributed by atoms with Gasteiger partial charge in [0.2, 0.25) is 0 Å². The molecule has 0 bridgehead atoms. The van der Waals surface area contributed by atoms with Crippen molar-refractivity contribution in [2.75, 3.05) is 7.11 Å². The van der Waals surface area contributed by atoms with Gasteiger partial charge in [-0.25, -0.2) is 14.9 Å². The van der Waals surface area contributed by atoms with Crippen molar-refractivity contribution < 1.29 is 9.53 Å². The standard InChI is InChI=1S/C33H32N8O4/c1-4-10-27-34-31-29(32(43)41(21(2)23-11-6-5-7-12-23)33(44)40(31)20-28(42)45-3)39(27)19-22-15-17-24(18-16-22)25-13-8-9-14-26(25)30-35-37-38-36-30/h5-9,11-18,21H,4,10,19-20H2,1-3H3,(H,35,36,37,38). The van der Waals surface area contributed by atoms with E-state index in [0.717, 1.165) is 34.2 Å². The van der Waals surface area contributed by atoms with E-state index in [-0.39, 0.29) is 17.7 Å². The van der Waals surface area contributed by atoms with E-state index >= 15 is 0 Å². The Labute approximate surface area is 257 Å². The minimum absolute atomic E-state index is 0.168. The van der Waals surface area contributed by atoms with E-state index in [1.165, 1.54) is 16.2 Å². The molecular weight excluding hydrogens is 572 g/mol. The molecule has 3 aromatic heterocycles. The molecule has 0 aliphatic rings. The molecule has 6 rings (SSSR count). The maximum absolute atomic E-state index is 14.2. The number of rotatable bonds is 10. The quantitative estimate of drug-likeness (QED) is 0.231. The first kappa shape index (κ1) is 29.4. The van der Waals surface area contributed by atoms with E-state index in [0.29, 0.717) is 24.6 Å². The Morgan fingerprint density at radius 1 is 0.933 bits per heavy atom. The fraction of sp³-hybridized carbons (Fsp3) is 0.242. The maximum atomic E-state index is 14.2. The normalized spacial score (nSPS) is 12.0. The van der Waals surface area contributed by atoms with E-state index in [1.54, 1.807) is 6.92 Å². The van der Waals surface area contributed by atoms with Gasteiger partial charge in [-0.1, -0.05) is 85.8 Å². The van der Waals surface area contributed by atoms with E-state index in [1.807, 2.05) is 90.4 Å². The van der Waals surface area contributed by atoms with Crippen molar-refractivity contribution in [1.82, 2.24) is 39.3 Å². The molecule has 0 radical (unpaired) electrons. The van der Waals surface area contributed by atoms with Crippen LogP contribution < -0.4 is 11.2 Å². The highest BCUT2D eigenvalue weighted by Gasteiger charge is 2.25. The molecular formula is C33H32N8O4. The number of imidazole rings is 1. The van der Waals surface area contributed by atoms with Gasteiger partial charge in [0.05, 0.1) is 13.2 Å². The number of nitrogens with one attached hydrogen (secondary N) is 1. The van der Waals surface area contributed by atoms with E-state index in [2.05, 4.69) is 20.6 Å². The van der Waals surface area contributed by atoms with Crippen LogP contribution in [0.3, 0.4) is 0 Å². The Bertz CT molecular complexity index is 2080. The zero-order valence-electron chi connectivity index (χ0n) is 25.2. The molecule has 0 saturated carbocycles. The van der Waals surface area contributed by atoms with Crippen LogP contribution in [0.2, 0.25) is 0 Å². The lowest BCUT2D eigenvalue weighted by Crippen LogP contribution is -2.43. The Hall–Kier alpha value is -5.65. The van der Waals surface area contributed by atoms with Crippen LogP contribution in [0.5, 0.6) is 0 Å². The molecule has 45 heavy (non-hydrogen) atoms. The third kappa shape index (κ3) is 5.57. The highest BCUT2D eigenvalue weighted by Crippen LogP contribution is 2.30. The van der Waals surface area contributed by atoms with Gasteiger partial charge < -0.3 is 9.30 Å². The van der Waals surface area contributed by atoms with Crippen LogP contribution in [0, 0.1) is 0 Å². The molecule has 228 valence electrons. The molecule has 3 heterocycles. The molecule has 0 aliphatic heterocycles. The topological polar surface area (TPSA) is 143 Å². The number of methoxy groups -OCH3 is 1. The fourth-order valence-electron chi connectivity index (χ4n) is 5.64. The molecule has 0 spiro atoms. The smallest absolute Gasteiger partial charge is 0.333 e. The number of hydrogen-bond acceptors (Lipinski definition) is 8. The zero-order valence-corrected chi connectivity index (χ0v) is 25.2. The molecule has 1 N–H and O–H groups in total. The Balaban J connectivity index is 1.48. The summed E-state index contributed by atoms with van der Waals surface area (Å²) < 4.78 is 9.21. The van der Waals surface area contributed by atoms with Gasteiger partial charge in [0.25, 0.3) is 5.56 Å². The molecule has 1 atom stereocenters. The first-order valence-corrected chi connectivity index (χ1v) is 14.7. The van der Waals surface area contributed by atoms with E-state index < -0.39 is 23.3 Å². The Morgan fingerprint density at radius 2 is 1.64 bits per heavy atom. The number of tetrazole rings is 1. The fourth-order valence-corrected chi connectivity index (χ4v) is 5.64. The second kappa shape index (κ2) is 12.5. The number of nitrogens with zero attached hydrogens (tertiary/aromatic N) is 7. The molecule has 0 amide bonds. The number of esters is 1. The van der Waals surface area contributed by atoms with Crippen molar-refractivity contribution in [3.63, 3.8) is 0 Å². The van der Waals surface area contributed by atoms with Gasteiger partial charge in [0, 0.05) is 18.5 Å². The van der Waals surface area contributed by atoms with Gasteiger partial charge in [-0.15, -0.1) is 5.10 Å². The third-order valence-electron chi connectivity index (χ3n) is 7.93. The van der Waals surface area contributed by atoms with Gasteiger partial charge >= 0.3 is 11.7 Å². The minimum Gasteiger partial charge on any atom is -0.468 e. The number of H-pyrrole nitrogens is 1. The average molecular weight is 605 g/mol. The van der Waals surface area contributed by atoms with Crippen LogP contribution in [-0.4, -0.2) is 52.4 Å². The number of fused-ring (bicyclic) bond motifs is 1. The van der Waals surface area contributed by atoms with Crippen molar-refractivity contribution in [3.8, 4) is 22.5 Å². The first-order chi connectivity index (χ1) is 21.9. The van der Waals surface area contributed by atoms with Gasteiger partial charge in [0.1, 0.15) is 12.4 Å². The van der Waals surface area contributed by atoms with Gasteiger partial charge in [0.15, 0.2) is 17.0 Å². The maximum Gasteiger partial charge on any atom is 0.333 e. The molecule has 0 fully saturated rings. The van der Waals surface area contributed by atoms with Crippen LogP contribution in [0.25, 0.3) is 33.7 Å². The largest absolute Gasteiger partial charge is 0.468 e. The van der Waals surface area contributed by atoms with Gasteiger partial charge in [-0.2, -0.15) is 0 Å². The molecule has 12 nitrogen and oxygen atoms in total. The van der Waals surface area contributed by atoms with E-state index in [9.17, 15) is 14.4 Å². The second-order valence-corrected chi connectivity index (χ2v) is 10.7. The van der Waals surface area contributed by atoms with Crippen LogP contribution in [0.15, 0.2) is 88.5 Å². The highest BCUT2D eigenvalue weighted by molar-refractivity contribution is 5.80. The summed E-state index contributed by atoms with van der Waals surface area (Å²) in [6, 6.07) is 24.6. The van der Waals surface area contributed by atoms with E-state index in [4.69, 9.17) is 9.72 Å². The molecule has 0 saturated heterocycles. The lowest BCUT2D eigenvalue weighted by Gasteiger charge is -2.18. The van der Waals surface area contributed by atoms with Crippen molar-refractivity contribution in [3.05, 3.63) is 117 Å². The van der Waals surface area contributed by atoms with Crippen molar-refractivity contribution in [1.29, 1.82) is 0 Å². The summed E-state index contributed by atoms with van der Waals surface area (Å²) in [6.45, 7) is 3.79. The summed E-state index contributed by atoms with van der Waals surface area (Å²) in [6.07, 6.45) is 1.34. The predicted octanol–water partition coefficient (Wildman–Crippen LogP) is 3.99. The number of aromatic nitrogens is 8. The molecule has 1 unspecified atom stereocenters. The number of benzene rings is 3. The second-order valence-electron chi connectivity index (χ2n) is 10.7. The summed E-state index contributed by atoms with van der Waals surface area (Å²) in [5, 5.41) is 14.3. The summed E-state index contributed by atoms with van der Waals surface area (Å²) in [5.74, 6) is 0.613. The molecule has 3 aromatic carbocycles. The van der Waals surface area contributed by atoms with Crippen molar-refractivity contribution >= 4 is 17.1 Å². The van der Waals surface area contributed by atoms with Crippen LogP contribution in [0.4, 0.5) is 0 Å². The third-order valence-corrected chi connectivity index (χ3v) is 7.93. The number of hydrogen-bond donors (Lipinski definition) is 1. The zero-order chi connectivity index (χ0) is 31.5. The summed E-state index contributed by atoms with van der Waals surface area (Å²) >= 11 is 0. The number of ether oxygens (including phenoxy) is 1. The number of aryl methyl sites for hydroxylation is 1. The van der Waals surface area contributed by atoms with Crippen LogP contribution in [-0.2, 0) is 29.0 Å². The van der Waals surface area contributed by atoms with Crippen molar-refractivity contribution in [2.24, 2.45) is 0 Å². The number of carbonyl (C=O) groups excluding carboxylic acids is 1. The van der Waals surface area contributed by atoms with Crippen LogP contribution >= 0.6 is 0 Å². The van der Waals surface area contributed by atoms with Gasteiger partial charge in [-0.3, -0.25) is 18.7 Å². The molecule has 6 aromatic rings. The predicted molar refractivity (Wildman–Crippen MR) is 169 cm³/mol. The first-order valence-electron chi connectivity index (χ1n) is 14.7. The SMILES string of the molecule is CCCc1nc2c(c(=O)n(C(C)c3ccccc3)c(=O)n2CC(=O)OC)n1Cc1ccc(-c2ccccc2-c2nnn[nH]2)cc1. The summed E-state index contributed by atoms with van der Waals surface area (Å²) in [5.41, 5.74) is 3.88. The Kier molecular flexibility index (Phi) is 8.19. The van der Waals surface area contributed by atoms with Crippen LogP contribution in [0.1, 0.15) is 43.3 Å². The lowest BCUT2D eigenvalue weighted by molar-refractivity contribution is -0.141. The number of carbonyl (C=O) groups is 1. The molecule has 0 aliphatic carbocycles. The lowest BCUT2D eigenvalue weighted by atomic mass is 9.98. The van der Waals surface area contributed by atoms with Gasteiger partial charge in [-0.05, 0) is 46.0 Å².